The summed E-state index contributed by atoms with van der Waals surface area (Å²) in [6.07, 6.45) is 0.290. The molecule has 0 unspecified atom stereocenters. The third-order valence-corrected chi connectivity index (χ3v) is 3.25. The van der Waals surface area contributed by atoms with Crippen LogP contribution in [0.15, 0.2) is 36.4 Å². The van der Waals surface area contributed by atoms with E-state index in [2.05, 4.69) is 10.3 Å². The molecule has 3 N–H and O–H groups in total. The lowest BCUT2D eigenvalue weighted by atomic mass is 10.1. The first kappa shape index (κ1) is 15.0. The number of amides is 2. The topological polar surface area (TPSA) is 85.1 Å². The van der Waals surface area contributed by atoms with Crippen molar-refractivity contribution in [2.24, 2.45) is 11.7 Å². The summed E-state index contributed by atoms with van der Waals surface area (Å²) >= 11 is 0. The average molecular weight is 285 g/mol. The fourth-order valence-electron chi connectivity index (χ4n) is 1.99. The van der Waals surface area contributed by atoms with E-state index in [9.17, 15) is 9.59 Å². The first-order valence-electron chi connectivity index (χ1n) is 6.91. The third kappa shape index (κ3) is 3.78. The molecule has 1 aromatic carbocycles. The molecule has 0 bridgehead atoms. The second kappa shape index (κ2) is 6.35. The quantitative estimate of drug-likeness (QED) is 0.871. The van der Waals surface area contributed by atoms with Crippen LogP contribution in [-0.2, 0) is 16.0 Å². The van der Waals surface area contributed by atoms with Gasteiger partial charge in [-0.25, -0.2) is 0 Å². The molecule has 5 heteroatoms. The van der Waals surface area contributed by atoms with Gasteiger partial charge in [0.05, 0.1) is 5.52 Å². The van der Waals surface area contributed by atoms with Gasteiger partial charge in [-0.05, 0) is 12.1 Å². The Bertz CT molecular complexity index is 667. The number of carbonyl (C=O) groups is 2. The van der Waals surface area contributed by atoms with Crippen molar-refractivity contribution in [2.45, 2.75) is 26.3 Å². The summed E-state index contributed by atoms with van der Waals surface area (Å²) in [7, 11) is 0. The van der Waals surface area contributed by atoms with Crippen molar-refractivity contribution in [1.29, 1.82) is 0 Å². The molecule has 2 amide bonds. The van der Waals surface area contributed by atoms with Crippen LogP contribution in [0.3, 0.4) is 0 Å². The zero-order valence-electron chi connectivity index (χ0n) is 12.2. The largest absolute Gasteiger partial charge is 0.368 e. The minimum atomic E-state index is -0.742. The number of primary amides is 1. The van der Waals surface area contributed by atoms with Crippen LogP contribution in [-0.4, -0.2) is 22.8 Å². The van der Waals surface area contributed by atoms with Gasteiger partial charge >= 0.3 is 0 Å². The van der Waals surface area contributed by atoms with Crippen LogP contribution in [0.2, 0.25) is 0 Å². The van der Waals surface area contributed by atoms with Crippen molar-refractivity contribution in [2.75, 3.05) is 0 Å². The van der Waals surface area contributed by atoms with Crippen LogP contribution in [0, 0.1) is 5.92 Å². The Balaban J connectivity index is 2.18. The Hall–Kier alpha value is -2.43. The summed E-state index contributed by atoms with van der Waals surface area (Å²) in [5, 5.41) is 3.69. The fourth-order valence-corrected chi connectivity index (χ4v) is 1.99. The lowest BCUT2D eigenvalue weighted by Gasteiger charge is -2.16. The van der Waals surface area contributed by atoms with Gasteiger partial charge < -0.3 is 11.1 Å². The zero-order valence-corrected chi connectivity index (χ0v) is 12.2. The van der Waals surface area contributed by atoms with Crippen molar-refractivity contribution in [3.8, 4) is 0 Å². The van der Waals surface area contributed by atoms with Gasteiger partial charge in [0.25, 0.3) is 0 Å². The summed E-state index contributed by atoms with van der Waals surface area (Å²) in [4.78, 5) is 27.7. The number of hydrogen-bond acceptors (Lipinski definition) is 3. The smallest absolute Gasteiger partial charge is 0.240 e. The zero-order chi connectivity index (χ0) is 15.4. The summed E-state index contributed by atoms with van der Waals surface area (Å²) in [5.41, 5.74) is 6.94. The second-order valence-corrected chi connectivity index (χ2v) is 5.32. The van der Waals surface area contributed by atoms with Crippen LogP contribution in [0.25, 0.3) is 10.9 Å². The Kier molecular flexibility index (Phi) is 4.52. The molecule has 0 aliphatic carbocycles. The summed E-state index contributed by atoms with van der Waals surface area (Å²) in [6, 6.07) is 10.8. The highest BCUT2D eigenvalue weighted by Gasteiger charge is 2.20. The number of aromatic nitrogens is 1. The normalized spacial score (nSPS) is 12.3. The monoisotopic (exact) mass is 285 g/mol. The molecule has 1 heterocycles. The Morgan fingerprint density at radius 1 is 1.19 bits per heavy atom. The van der Waals surface area contributed by atoms with Gasteiger partial charge in [-0.2, -0.15) is 0 Å². The first-order valence-corrected chi connectivity index (χ1v) is 6.91. The lowest BCUT2D eigenvalue weighted by molar-refractivity contribution is -0.129. The minimum absolute atomic E-state index is 0.195. The van der Waals surface area contributed by atoms with E-state index in [1.165, 1.54) is 0 Å². The van der Waals surface area contributed by atoms with Crippen molar-refractivity contribution in [1.82, 2.24) is 10.3 Å². The number of rotatable bonds is 5. The maximum atomic E-state index is 11.7. The number of carbonyl (C=O) groups excluding carboxylic acids is 2. The molecule has 0 saturated heterocycles. The standard InChI is InChI=1S/C16H19N3O2/c1-10(2)16(21)19-14(15(17)20)9-12-8-7-11-5-3-4-6-13(11)18-12/h3-8,10,14H,9H2,1-2H3,(H2,17,20)(H,19,21)/t14-/m1/s1. The van der Waals surface area contributed by atoms with Crippen molar-refractivity contribution in [3.63, 3.8) is 0 Å². The molecule has 2 rings (SSSR count). The van der Waals surface area contributed by atoms with Gasteiger partial charge in [0.1, 0.15) is 6.04 Å². The maximum Gasteiger partial charge on any atom is 0.240 e. The molecular weight excluding hydrogens is 266 g/mol. The molecular formula is C16H19N3O2. The molecule has 0 aliphatic heterocycles. The summed E-state index contributed by atoms with van der Waals surface area (Å²) in [6.45, 7) is 3.53. The van der Waals surface area contributed by atoms with E-state index in [1.54, 1.807) is 13.8 Å². The number of hydrogen-bond donors (Lipinski definition) is 2. The fraction of sp³-hybridized carbons (Fsp3) is 0.312. The highest BCUT2D eigenvalue weighted by atomic mass is 16.2. The van der Waals surface area contributed by atoms with E-state index in [0.717, 1.165) is 16.6 Å². The van der Waals surface area contributed by atoms with E-state index >= 15 is 0 Å². The Morgan fingerprint density at radius 2 is 1.90 bits per heavy atom. The summed E-state index contributed by atoms with van der Waals surface area (Å²) in [5.74, 6) is -0.949. The molecule has 1 aromatic heterocycles. The molecule has 21 heavy (non-hydrogen) atoms. The molecule has 0 spiro atoms. The van der Waals surface area contributed by atoms with Gasteiger partial charge in [-0.3, -0.25) is 14.6 Å². The van der Waals surface area contributed by atoms with Gasteiger partial charge in [0.2, 0.25) is 11.8 Å². The molecule has 1 atom stereocenters. The molecule has 5 nitrogen and oxygen atoms in total. The van der Waals surface area contributed by atoms with Gasteiger partial charge in [-0.15, -0.1) is 0 Å². The van der Waals surface area contributed by atoms with E-state index in [0.29, 0.717) is 6.42 Å². The number of para-hydroxylation sites is 1. The predicted molar refractivity (Wildman–Crippen MR) is 81.4 cm³/mol. The second-order valence-electron chi connectivity index (χ2n) is 5.32. The van der Waals surface area contributed by atoms with E-state index < -0.39 is 11.9 Å². The Morgan fingerprint density at radius 3 is 2.57 bits per heavy atom. The van der Waals surface area contributed by atoms with Gasteiger partial charge in [0.15, 0.2) is 0 Å². The lowest BCUT2D eigenvalue weighted by Crippen LogP contribution is -2.47. The SMILES string of the molecule is CC(C)C(=O)N[C@H](Cc1ccc2ccccc2n1)C(N)=O. The molecule has 2 aromatic rings. The van der Waals surface area contributed by atoms with E-state index in [4.69, 9.17) is 5.73 Å². The van der Waals surface area contributed by atoms with Crippen molar-refractivity contribution >= 4 is 22.7 Å². The molecule has 110 valence electrons. The molecule has 0 aliphatic rings. The Labute approximate surface area is 123 Å². The van der Waals surface area contributed by atoms with E-state index in [1.807, 2.05) is 36.4 Å². The van der Waals surface area contributed by atoms with Crippen LogP contribution in [0.4, 0.5) is 0 Å². The maximum absolute atomic E-state index is 11.7. The van der Waals surface area contributed by atoms with Crippen LogP contribution < -0.4 is 11.1 Å². The van der Waals surface area contributed by atoms with Crippen LogP contribution >= 0.6 is 0 Å². The van der Waals surface area contributed by atoms with Crippen LogP contribution in [0.5, 0.6) is 0 Å². The number of fused-ring (bicyclic) bond motifs is 1. The molecule has 0 fully saturated rings. The number of nitrogens with two attached hydrogens (primary N) is 1. The minimum Gasteiger partial charge on any atom is -0.368 e. The van der Waals surface area contributed by atoms with Crippen molar-refractivity contribution in [3.05, 3.63) is 42.1 Å². The molecule has 0 radical (unpaired) electrons. The van der Waals surface area contributed by atoms with Crippen molar-refractivity contribution < 1.29 is 9.59 Å². The number of nitrogens with zero attached hydrogens (tertiary/aromatic N) is 1. The first-order chi connectivity index (χ1) is 9.97. The number of pyridine rings is 1. The third-order valence-electron chi connectivity index (χ3n) is 3.25. The highest BCUT2D eigenvalue weighted by molar-refractivity contribution is 5.87. The van der Waals surface area contributed by atoms with Gasteiger partial charge in [-0.1, -0.05) is 38.1 Å². The number of benzene rings is 1. The predicted octanol–water partition coefficient (Wildman–Crippen LogP) is 1.40. The van der Waals surface area contributed by atoms with Crippen LogP contribution in [0.1, 0.15) is 19.5 Å². The van der Waals surface area contributed by atoms with Gasteiger partial charge in [0, 0.05) is 23.4 Å². The van der Waals surface area contributed by atoms with E-state index in [-0.39, 0.29) is 11.8 Å². The highest BCUT2D eigenvalue weighted by Crippen LogP contribution is 2.13. The number of nitrogens with one attached hydrogen (secondary N) is 1. The average Bonchev–Trinajstić information content (AvgIpc) is 2.46. The molecule has 0 saturated carbocycles. The summed E-state index contributed by atoms with van der Waals surface area (Å²) < 4.78 is 0.